The smallest absolute Gasteiger partial charge is 0.247 e. The normalized spacial score (nSPS) is 15.0. The van der Waals surface area contributed by atoms with E-state index in [1.807, 2.05) is 31.2 Å². The van der Waals surface area contributed by atoms with Gasteiger partial charge in [0.15, 0.2) is 0 Å². The standard InChI is InChI=1S/C21H23N3O2/c1-2-25-18-12-10-17(11-13-18)21-24-23-19(26-21)14-22-20(16-8-9-16)15-6-4-3-5-7-15/h3-7,10-13,16,20,22H,2,8-9,14H2,1H3/t20-/m1/s1. The lowest BCUT2D eigenvalue weighted by Gasteiger charge is -2.17. The predicted octanol–water partition coefficient (Wildman–Crippen LogP) is 4.38. The molecule has 0 aliphatic heterocycles. The Morgan fingerprint density at radius 3 is 2.54 bits per heavy atom. The van der Waals surface area contributed by atoms with Crippen molar-refractivity contribution in [3.05, 3.63) is 66.1 Å². The molecule has 0 spiro atoms. The zero-order chi connectivity index (χ0) is 17.8. The Balaban J connectivity index is 1.41. The minimum absolute atomic E-state index is 0.344. The van der Waals surface area contributed by atoms with Crippen molar-refractivity contribution in [3.63, 3.8) is 0 Å². The van der Waals surface area contributed by atoms with Gasteiger partial charge in [-0.2, -0.15) is 0 Å². The van der Waals surface area contributed by atoms with Crippen LogP contribution in [0.2, 0.25) is 0 Å². The molecule has 1 aromatic heterocycles. The fraction of sp³-hybridized carbons (Fsp3) is 0.333. The van der Waals surface area contributed by atoms with Crippen LogP contribution in [0.5, 0.6) is 5.75 Å². The fourth-order valence-electron chi connectivity index (χ4n) is 3.15. The highest BCUT2D eigenvalue weighted by Crippen LogP contribution is 2.41. The average molecular weight is 349 g/mol. The summed E-state index contributed by atoms with van der Waals surface area (Å²) in [7, 11) is 0. The largest absolute Gasteiger partial charge is 0.494 e. The third kappa shape index (κ3) is 3.94. The Morgan fingerprint density at radius 2 is 1.85 bits per heavy atom. The molecular formula is C21H23N3O2. The molecule has 1 atom stereocenters. The molecule has 0 amide bonds. The average Bonchev–Trinajstić information content (AvgIpc) is 3.41. The van der Waals surface area contributed by atoms with Gasteiger partial charge in [-0.05, 0) is 55.5 Å². The lowest BCUT2D eigenvalue weighted by atomic mass is 10.0. The number of nitrogens with one attached hydrogen (secondary N) is 1. The van der Waals surface area contributed by atoms with E-state index in [0.717, 1.165) is 11.3 Å². The molecule has 3 aromatic rings. The summed E-state index contributed by atoms with van der Waals surface area (Å²) in [6.07, 6.45) is 2.54. The number of ether oxygens (including phenoxy) is 1. The quantitative estimate of drug-likeness (QED) is 0.654. The first kappa shape index (κ1) is 16.8. The van der Waals surface area contributed by atoms with Gasteiger partial charge in [0, 0.05) is 11.6 Å². The number of nitrogens with zero attached hydrogens (tertiary/aromatic N) is 2. The van der Waals surface area contributed by atoms with Crippen LogP contribution in [0.15, 0.2) is 59.0 Å². The van der Waals surface area contributed by atoms with Crippen molar-refractivity contribution in [3.8, 4) is 17.2 Å². The molecule has 1 N–H and O–H groups in total. The number of aromatic nitrogens is 2. The lowest BCUT2D eigenvalue weighted by molar-refractivity contribution is 0.340. The molecule has 5 heteroatoms. The summed E-state index contributed by atoms with van der Waals surface area (Å²) in [6, 6.07) is 18.6. The van der Waals surface area contributed by atoms with E-state index in [0.29, 0.717) is 36.9 Å². The molecule has 4 rings (SSSR count). The topological polar surface area (TPSA) is 60.2 Å². The monoisotopic (exact) mass is 349 g/mol. The van der Waals surface area contributed by atoms with Gasteiger partial charge in [-0.3, -0.25) is 0 Å². The molecule has 26 heavy (non-hydrogen) atoms. The summed E-state index contributed by atoms with van der Waals surface area (Å²) in [6.45, 7) is 3.19. The zero-order valence-electron chi connectivity index (χ0n) is 14.9. The van der Waals surface area contributed by atoms with Crippen molar-refractivity contribution in [2.75, 3.05) is 6.61 Å². The SMILES string of the molecule is CCOc1ccc(-c2nnc(CN[C@H](c3ccccc3)C3CC3)o2)cc1. The second-order valence-corrected chi connectivity index (χ2v) is 6.57. The molecule has 1 aliphatic carbocycles. The van der Waals surface area contributed by atoms with Crippen LogP contribution in [0.25, 0.3) is 11.5 Å². The van der Waals surface area contributed by atoms with Crippen molar-refractivity contribution in [2.45, 2.75) is 32.4 Å². The van der Waals surface area contributed by atoms with Crippen LogP contribution in [0, 0.1) is 5.92 Å². The molecule has 2 aromatic carbocycles. The lowest BCUT2D eigenvalue weighted by Crippen LogP contribution is -2.22. The minimum atomic E-state index is 0.344. The molecule has 5 nitrogen and oxygen atoms in total. The number of rotatable bonds is 8. The molecule has 0 bridgehead atoms. The van der Waals surface area contributed by atoms with Crippen molar-refractivity contribution >= 4 is 0 Å². The predicted molar refractivity (Wildman–Crippen MR) is 99.6 cm³/mol. The molecule has 1 aliphatic rings. The summed E-state index contributed by atoms with van der Waals surface area (Å²) < 4.78 is 11.3. The Bertz CT molecular complexity index is 826. The molecular weight excluding hydrogens is 326 g/mol. The highest BCUT2D eigenvalue weighted by Gasteiger charge is 2.32. The van der Waals surface area contributed by atoms with Crippen LogP contribution in [-0.4, -0.2) is 16.8 Å². The number of hydrogen-bond acceptors (Lipinski definition) is 5. The van der Waals surface area contributed by atoms with Crippen molar-refractivity contribution in [2.24, 2.45) is 5.92 Å². The maximum atomic E-state index is 5.83. The van der Waals surface area contributed by atoms with Gasteiger partial charge in [-0.25, -0.2) is 0 Å². The van der Waals surface area contributed by atoms with E-state index in [1.165, 1.54) is 18.4 Å². The molecule has 0 radical (unpaired) electrons. The van der Waals surface area contributed by atoms with Gasteiger partial charge in [0.25, 0.3) is 0 Å². The van der Waals surface area contributed by atoms with E-state index in [2.05, 4.69) is 45.8 Å². The highest BCUT2D eigenvalue weighted by molar-refractivity contribution is 5.53. The van der Waals surface area contributed by atoms with E-state index < -0.39 is 0 Å². The Kier molecular flexibility index (Phi) is 4.97. The van der Waals surface area contributed by atoms with E-state index in [9.17, 15) is 0 Å². The van der Waals surface area contributed by atoms with Gasteiger partial charge in [-0.1, -0.05) is 30.3 Å². The Labute approximate surface area is 153 Å². The van der Waals surface area contributed by atoms with E-state index in [1.54, 1.807) is 0 Å². The third-order valence-corrected chi connectivity index (χ3v) is 4.60. The highest BCUT2D eigenvalue weighted by atomic mass is 16.5. The van der Waals surface area contributed by atoms with Crippen LogP contribution in [0.3, 0.4) is 0 Å². The van der Waals surface area contributed by atoms with Gasteiger partial charge in [0.2, 0.25) is 11.8 Å². The van der Waals surface area contributed by atoms with Crippen molar-refractivity contribution in [1.29, 1.82) is 0 Å². The second-order valence-electron chi connectivity index (χ2n) is 6.57. The summed E-state index contributed by atoms with van der Waals surface area (Å²) in [4.78, 5) is 0. The van der Waals surface area contributed by atoms with Crippen LogP contribution in [0.4, 0.5) is 0 Å². The van der Waals surface area contributed by atoms with E-state index in [4.69, 9.17) is 9.15 Å². The van der Waals surface area contributed by atoms with Crippen molar-refractivity contribution < 1.29 is 9.15 Å². The first-order chi connectivity index (χ1) is 12.8. The molecule has 1 saturated carbocycles. The van der Waals surface area contributed by atoms with Gasteiger partial charge >= 0.3 is 0 Å². The van der Waals surface area contributed by atoms with E-state index >= 15 is 0 Å². The van der Waals surface area contributed by atoms with Crippen LogP contribution in [-0.2, 0) is 6.54 Å². The fourth-order valence-corrected chi connectivity index (χ4v) is 3.15. The molecule has 0 unspecified atom stereocenters. The molecule has 0 saturated heterocycles. The maximum Gasteiger partial charge on any atom is 0.247 e. The van der Waals surface area contributed by atoms with Crippen LogP contribution in [0.1, 0.15) is 37.3 Å². The number of hydrogen-bond donors (Lipinski definition) is 1. The number of benzene rings is 2. The summed E-state index contributed by atoms with van der Waals surface area (Å²) in [5, 5.41) is 12.0. The van der Waals surface area contributed by atoms with Crippen molar-refractivity contribution in [1.82, 2.24) is 15.5 Å². The second kappa shape index (κ2) is 7.70. The van der Waals surface area contributed by atoms with Gasteiger partial charge < -0.3 is 14.5 Å². The van der Waals surface area contributed by atoms with E-state index in [-0.39, 0.29) is 0 Å². The summed E-state index contributed by atoms with van der Waals surface area (Å²) >= 11 is 0. The van der Waals surface area contributed by atoms with Crippen LogP contribution >= 0.6 is 0 Å². The first-order valence-electron chi connectivity index (χ1n) is 9.17. The minimum Gasteiger partial charge on any atom is -0.494 e. The Hall–Kier alpha value is -2.66. The summed E-state index contributed by atoms with van der Waals surface area (Å²) in [5.74, 6) is 2.68. The van der Waals surface area contributed by atoms with Gasteiger partial charge in [-0.15, -0.1) is 10.2 Å². The maximum absolute atomic E-state index is 5.83. The zero-order valence-corrected chi connectivity index (χ0v) is 14.9. The molecule has 1 fully saturated rings. The van der Waals surface area contributed by atoms with Gasteiger partial charge in [0.05, 0.1) is 13.2 Å². The summed E-state index contributed by atoms with van der Waals surface area (Å²) in [5.41, 5.74) is 2.22. The van der Waals surface area contributed by atoms with Crippen LogP contribution < -0.4 is 10.1 Å². The third-order valence-electron chi connectivity index (χ3n) is 4.60. The molecule has 134 valence electrons. The molecule has 1 heterocycles. The first-order valence-corrected chi connectivity index (χ1v) is 9.17. The van der Waals surface area contributed by atoms with Gasteiger partial charge in [0.1, 0.15) is 5.75 Å². The Morgan fingerprint density at radius 1 is 1.08 bits per heavy atom.